The molecule has 2 aromatic heterocycles. The first kappa shape index (κ1) is 17.1. The summed E-state index contributed by atoms with van der Waals surface area (Å²) in [6.07, 6.45) is 6.16. The Balaban J connectivity index is 1.55. The van der Waals surface area contributed by atoms with E-state index < -0.39 is 0 Å². The van der Waals surface area contributed by atoms with Crippen molar-refractivity contribution in [2.45, 2.75) is 26.4 Å². The number of pyridine rings is 1. The van der Waals surface area contributed by atoms with Gasteiger partial charge in [-0.3, -0.25) is 9.88 Å². The van der Waals surface area contributed by atoms with E-state index in [1.54, 1.807) is 18.5 Å². The molecule has 0 spiro atoms. The Bertz CT molecular complexity index is 946. The lowest BCUT2D eigenvalue weighted by atomic mass is 10.0. The summed E-state index contributed by atoms with van der Waals surface area (Å²) < 4.78 is 14.2. The van der Waals surface area contributed by atoms with Crippen molar-refractivity contribution >= 4 is 11.6 Å². The van der Waals surface area contributed by atoms with E-state index in [2.05, 4.69) is 14.9 Å². The van der Waals surface area contributed by atoms with Gasteiger partial charge in [0.2, 0.25) is 0 Å². The molecule has 1 aromatic carbocycles. The summed E-state index contributed by atoms with van der Waals surface area (Å²) in [6.45, 7) is 3.87. The Labute approximate surface area is 156 Å². The number of aryl methyl sites for hydroxylation is 1. The first-order valence-electron chi connectivity index (χ1n) is 8.53. The molecule has 26 heavy (non-hydrogen) atoms. The Morgan fingerprint density at radius 3 is 2.92 bits per heavy atom. The van der Waals surface area contributed by atoms with Gasteiger partial charge in [-0.25, -0.2) is 14.4 Å². The molecule has 3 heterocycles. The fourth-order valence-electron chi connectivity index (χ4n) is 3.23. The summed E-state index contributed by atoms with van der Waals surface area (Å²) in [5.41, 5.74) is 4.48. The fraction of sp³-hybridized carbons (Fsp3) is 0.250. The zero-order valence-corrected chi connectivity index (χ0v) is 15.2. The summed E-state index contributed by atoms with van der Waals surface area (Å²) >= 11 is 6.31. The van der Waals surface area contributed by atoms with Crippen molar-refractivity contribution in [1.82, 2.24) is 19.9 Å². The van der Waals surface area contributed by atoms with Gasteiger partial charge >= 0.3 is 0 Å². The van der Waals surface area contributed by atoms with Gasteiger partial charge in [0.15, 0.2) is 5.82 Å². The smallest absolute Gasteiger partial charge is 0.160 e. The molecule has 0 bridgehead atoms. The summed E-state index contributed by atoms with van der Waals surface area (Å²) in [5.74, 6) is 0.438. The van der Waals surface area contributed by atoms with E-state index in [1.807, 2.05) is 25.3 Å². The van der Waals surface area contributed by atoms with Crippen molar-refractivity contribution in [2.75, 3.05) is 6.54 Å². The third-order valence-corrected chi connectivity index (χ3v) is 5.22. The molecule has 132 valence electrons. The predicted octanol–water partition coefficient (Wildman–Crippen LogP) is 4.20. The highest BCUT2D eigenvalue weighted by atomic mass is 35.5. The van der Waals surface area contributed by atoms with E-state index >= 15 is 0 Å². The zero-order valence-electron chi connectivity index (χ0n) is 14.4. The summed E-state index contributed by atoms with van der Waals surface area (Å²) in [7, 11) is 0. The maximum atomic E-state index is 14.2. The van der Waals surface area contributed by atoms with Gasteiger partial charge in [0.25, 0.3) is 0 Å². The normalized spacial score (nSPS) is 14.3. The van der Waals surface area contributed by atoms with E-state index in [9.17, 15) is 4.39 Å². The molecule has 3 aromatic rings. The first-order chi connectivity index (χ1) is 12.6. The lowest BCUT2D eigenvalue weighted by Crippen LogP contribution is -2.31. The first-order valence-corrected chi connectivity index (χ1v) is 8.90. The third-order valence-electron chi connectivity index (χ3n) is 4.69. The van der Waals surface area contributed by atoms with E-state index in [0.717, 1.165) is 35.3 Å². The van der Waals surface area contributed by atoms with Crippen LogP contribution < -0.4 is 0 Å². The molecule has 4 rings (SSSR count). The number of nitrogens with zero attached hydrogens (tertiary/aromatic N) is 4. The maximum Gasteiger partial charge on any atom is 0.160 e. The van der Waals surface area contributed by atoms with E-state index in [4.69, 9.17) is 16.6 Å². The molecule has 0 saturated carbocycles. The van der Waals surface area contributed by atoms with Crippen LogP contribution in [0.3, 0.4) is 0 Å². The minimum Gasteiger partial charge on any atom is -0.294 e. The Kier molecular flexibility index (Phi) is 4.66. The Morgan fingerprint density at radius 2 is 2.12 bits per heavy atom. The minimum atomic E-state index is -0.255. The van der Waals surface area contributed by atoms with E-state index in [-0.39, 0.29) is 5.82 Å². The zero-order chi connectivity index (χ0) is 18.1. The second kappa shape index (κ2) is 7.09. The van der Waals surface area contributed by atoms with Crippen LogP contribution in [0.25, 0.3) is 11.4 Å². The topological polar surface area (TPSA) is 41.9 Å². The standard InChI is InChI=1S/C20H18ClFN4/c1-13-4-5-17(22)16(19(13)21)12-26-8-6-18-15(11-26)10-24-20(25-18)14-3-2-7-23-9-14/h2-5,7,9-10H,6,8,11-12H2,1H3. The molecule has 1 aliphatic rings. The highest BCUT2D eigenvalue weighted by Crippen LogP contribution is 2.27. The van der Waals surface area contributed by atoms with Crippen LogP contribution in [-0.2, 0) is 19.5 Å². The van der Waals surface area contributed by atoms with Gasteiger partial charge in [-0.2, -0.15) is 0 Å². The summed E-state index contributed by atoms with van der Waals surface area (Å²) in [6, 6.07) is 7.02. The van der Waals surface area contributed by atoms with Crippen molar-refractivity contribution < 1.29 is 4.39 Å². The number of fused-ring (bicyclic) bond motifs is 1. The van der Waals surface area contributed by atoms with E-state index in [0.29, 0.717) is 29.5 Å². The van der Waals surface area contributed by atoms with Crippen molar-refractivity contribution in [3.63, 3.8) is 0 Å². The quantitative estimate of drug-likeness (QED) is 0.695. The average molecular weight is 369 g/mol. The number of aromatic nitrogens is 3. The van der Waals surface area contributed by atoms with Gasteiger partial charge in [0.05, 0.1) is 10.7 Å². The highest BCUT2D eigenvalue weighted by molar-refractivity contribution is 6.32. The summed E-state index contributed by atoms with van der Waals surface area (Å²) in [4.78, 5) is 15.5. The number of halogens is 2. The molecular weight excluding hydrogens is 351 g/mol. The molecular formula is C20H18ClFN4. The van der Waals surface area contributed by atoms with Crippen molar-refractivity contribution in [3.05, 3.63) is 76.1 Å². The fourth-order valence-corrected chi connectivity index (χ4v) is 3.44. The highest BCUT2D eigenvalue weighted by Gasteiger charge is 2.21. The van der Waals surface area contributed by atoms with E-state index in [1.165, 1.54) is 6.07 Å². The molecule has 0 fully saturated rings. The van der Waals surface area contributed by atoms with Crippen LogP contribution in [-0.4, -0.2) is 26.4 Å². The lowest BCUT2D eigenvalue weighted by molar-refractivity contribution is 0.239. The van der Waals surface area contributed by atoms with Crippen LogP contribution >= 0.6 is 11.6 Å². The molecule has 0 unspecified atom stereocenters. The lowest BCUT2D eigenvalue weighted by Gasteiger charge is -2.28. The Morgan fingerprint density at radius 1 is 1.23 bits per heavy atom. The number of hydrogen-bond donors (Lipinski definition) is 0. The molecule has 0 aliphatic carbocycles. The molecule has 1 aliphatic heterocycles. The number of rotatable bonds is 3. The van der Waals surface area contributed by atoms with Crippen LogP contribution in [0.1, 0.15) is 22.4 Å². The molecule has 0 saturated heterocycles. The SMILES string of the molecule is Cc1ccc(F)c(CN2CCc3nc(-c4cccnc4)ncc3C2)c1Cl. The number of benzene rings is 1. The molecule has 0 N–H and O–H groups in total. The molecule has 6 heteroatoms. The van der Waals surface area contributed by atoms with Crippen molar-refractivity contribution in [1.29, 1.82) is 0 Å². The van der Waals surface area contributed by atoms with Crippen molar-refractivity contribution in [3.8, 4) is 11.4 Å². The third kappa shape index (κ3) is 3.32. The average Bonchev–Trinajstić information content (AvgIpc) is 2.68. The van der Waals surface area contributed by atoms with Gasteiger partial charge in [0, 0.05) is 61.3 Å². The molecule has 4 nitrogen and oxygen atoms in total. The minimum absolute atomic E-state index is 0.255. The molecule has 0 radical (unpaired) electrons. The summed E-state index contributed by atoms with van der Waals surface area (Å²) in [5, 5.41) is 0.513. The van der Waals surface area contributed by atoms with Crippen LogP contribution in [0.5, 0.6) is 0 Å². The van der Waals surface area contributed by atoms with Crippen LogP contribution in [0, 0.1) is 12.7 Å². The second-order valence-corrected chi connectivity index (χ2v) is 6.90. The monoisotopic (exact) mass is 368 g/mol. The Hall–Kier alpha value is -2.37. The van der Waals surface area contributed by atoms with Crippen LogP contribution in [0.15, 0.2) is 42.9 Å². The van der Waals surface area contributed by atoms with Gasteiger partial charge < -0.3 is 0 Å². The molecule has 0 atom stereocenters. The largest absolute Gasteiger partial charge is 0.294 e. The van der Waals surface area contributed by atoms with Gasteiger partial charge in [0.1, 0.15) is 5.82 Å². The van der Waals surface area contributed by atoms with Crippen molar-refractivity contribution in [2.24, 2.45) is 0 Å². The van der Waals surface area contributed by atoms with Gasteiger partial charge in [-0.1, -0.05) is 17.7 Å². The second-order valence-electron chi connectivity index (χ2n) is 6.52. The predicted molar refractivity (Wildman–Crippen MR) is 99.2 cm³/mol. The molecule has 0 amide bonds. The maximum absolute atomic E-state index is 14.2. The van der Waals surface area contributed by atoms with Gasteiger partial charge in [-0.05, 0) is 30.7 Å². The number of hydrogen-bond acceptors (Lipinski definition) is 4. The van der Waals surface area contributed by atoms with Crippen LogP contribution in [0.2, 0.25) is 5.02 Å². The van der Waals surface area contributed by atoms with Gasteiger partial charge in [-0.15, -0.1) is 0 Å². The van der Waals surface area contributed by atoms with Crippen LogP contribution in [0.4, 0.5) is 4.39 Å².